The van der Waals surface area contributed by atoms with Crippen molar-refractivity contribution in [2.75, 3.05) is 11.1 Å². The third-order valence-electron chi connectivity index (χ3n) is 5.66. The molecule has 3 aromatic carbocycles. The lowest BCUT2D eigenvalue weighted by Gasteiger charge is -2.15. The fourth-order valence-corrected chi connectivity index (χ4v) is 4.40. The summed E-state index contributed by atoms with van der Waals surface area (Å²) in [7, 11) is 0. The molecule has 184 valence electrons. The minimum Gasteiger partial charge on any atom is -0.345 e. The fourth-order valence-electron chi connectivity index (χ4n) is 3.64. The average Bonchev–Trinajstić information content (AvgIpc) is 3.27. The Morgan fingerprint density at radius 2 is 1.72 bits per heavy atom. The van der Waals surface area contributed by atoms with Gasteiger partial charge in [-0.3, -0.25) is 14.2 Å². The molecule has 0 radical (unpaired) electrons. The number of amides is 2. The van der Waals surface area contributed by atoms with Crippen LogP contribution < -0.4 is 10.6 Å². The van der Waals surface area contributed by atoms with Gasteiger partial charge in [-0.05, 0) is 74.4 Å². The van der Waals surface area contributed by atoms with E-state index in [4.69, 9.17) is 0 Å². The maximum atomic E-state index is 13.1. The molecule has 0 atom stereocenters. The summed E-state index contributed by atoms with van der Waals surface area (Å²) < 4.78 is 15.0. The minimum atomic E-state index is -0.369. The summed E-state index contributed by atoms with van der Waals surface area (Å²) in [4.78, 5) is 25.2. The van der Waals surface area contributed by atoms with Gasteiger partial charge in [0.15, 0.2) is 11.0 Å². The van der Waals surface area contributed by atoms with Crippen LogP contribution in [0.5, 0.6) is 0 Å². The first kappa shape index (κ1) is 25.1. The molecule has 0 saturated heterocycles. The SMILES string of the molecule is Cc1cccc(C(=O)NCc2nnc(SCC(=O)Nc3ccc(F)cc3)n2-c2cccc(C)c2C)c1. The lowest BCUT2D eigenvalue weighted by Crippen LogP contribution is -2.25. The smallest absolute Gasteiger partial charge is 0.251 e. The molecule has 0 aliphatic rings. The molecule has 1 heterocycles. The summed E-state index contributed by atoms with van der Waals surface area (Å²) in [5, 5.41) is 14.8. The molecular weight excluding hydrogens is 477 g/mol. The van der Waals surface area contributed by atoms with E-state index in [0.29, 0.717) is 22.2 Å². The van der Waals surface area contributed by atoms with Crippen LogP contribution in [0.3, 0.4) is 0 Å². The van der Waals surface area contributed by atoms with Crippen molar-refractivity contribution in [3.8, 4) is 5.69 Å². The highest BCUT2D eigenvalue weighted by atomic mass is 32.2. The fraction of sp³-hybridized carbons (Fsp3) is 0.185. The van der Waals surface area contributed by atoms with Crippen molar-refractivity contribution in [2.45, 2.75) is 32.5 Å². The molecule has 4 aromatic rings. The quantitative estimate of drug-likeness (QED) is 0.331. The molecule has 2 amide bonds. The number of aryl methyl sites for hydroxylation is 2. The second-order valence-electron chi connectivity index (χ2n) is 8.35. The minimum absolute atomic E-state index is 0.0794. The molecule has 4 rings (SSSR count). The molecule has 9 heteroatoms. The van der Waals surface area contributed by atoms with Crippen LogP contribution in [0.4, 0.5) is 10.1 Å². The van der Waals surface area contributed by atoms with Crippen LogP contribution in [-0.4, -0.2) is 32.3 Å². The number of hydrogen-bond donors (Lipinski definition) is 2. The van der Waals surface area contributed by atoms with E-state index in [2.05, 4.69) is 20.8 Å². The van der Waals surface area contributed by atoms with E-state index in [9.17, 15) is 14.0 Å². The van der Waals surface area contributed by atoms with Crippen molar-refractivity contribution in [3.63, 3.8) is 0 Å². The number of nitrogens with zero attached hydrogens (tertiary/aromatic N) is 3. The monoisotopic (exact) mass is 503 g/mol. The molecule has 0 unspecified atom stereocenters. The molecule has 2 N–H and O–H groups in total. The summed E-state index contributed by atoms with van der Waals surface area (Å²) in [6, 6.07) is 18.9. The third kappa shape index (κ3) is 5.98. The summed E-state index contributed by atoms with van der Waals surface area (Å²) in [5.74, 6) is -0.202. The molecule has 1 aromatic heterocycles. The van der Waals surface area contributed by atoms with Crippen molar-refractivity contribution in [3.05, 3.63) is 101 Å². The van der Waals surface area contributed by atoms with Gasteiger partial charge in [0.2, 0.25) is 5.91 Å². The van der Waals surface area contributed by atoms with Gasteiger partial charge < -0.3 is 10.6 Å². The van der Waals surface area contributed by atoms with Gasteiger partial charge in [-0.25, -0.2) is 4.39 Å². The average molecular weight is 504 g/mol. The normalized spacial score (nSPS) is 10.8. The highest BCUT2D eigenvalue weighted by Gasteiger charge is 2.19. The van der Waals surface area contributed by atoms with E-state index >= 15 is 0 Å². The highest BCUT2D eigenvalue weighted by Crippen LogP contribution is 2.26. The first-order chi connectivity index (χ1) is 17.3. The van der Waals surface area contributed by atoms with Crippen molar-refractivity contribution < 1.29 is 14.0 Å². The molecule has 0 fully saturated rings. The number of carbonyl (C=O) groups is 2. The van der Waals surface area contributed by atoms with Crippen LogP contribution in [0, 0.1) is 26.6 Å². The summed E-state index contributed by atoms with van der Waals surface area (Å²) >= 11 is 1.23. The Balaban J connectivity index is 1.54. The van der Waals surface area contributed by atoms with Crippen LogP contribution in [0.1, 0.15) is 32.9 Å². The van der Waals surface area contributed by atoms with Gasteiger partial charge in [-0.2, -0.15) is 0 Å². The van der Waals surface area contributed by atoms with Gasteiger partial charge in [0.25, 0.3) is 5.91 Å². The predicted molar refractivity (Wildman–Crippen MR) is 139 cm³/mol. The van der Waals surface area contributed by atoms with Gasteiger partial charge in [-0.15, -0.1) is 10.2 Å². The van der Waals surface area contributed by atoms with Gasteiger partial charge in [0, 0.05) is 11.3 Å². The Bertz CT molecular complexity index is 1400. The Morgan fingerprint density at radius 1 is 0.972 bits per heavy atom. The molecule has 7 nitrogen and oxygen atoms in total. The summed E-state index contributed by atoms with van der Waals surface area (Å²) in [6.07, 6.45) is 0. The van der Waals surface area contributed by atoms with Crippen LogP contribution in [0.15, 0.2) is 71.9 Å². The van der Waals surface area contributed by atoms with Gasteiger partial charge in [0.1, 0.15) is 5.82 Å². The van der Waals surface area contributed by atoms with Crippen LogP contribution in [-0.2, 0) is 11.3 Å². The number of benzene rings is 3. The second kappa shape index (κ2) is 11.2. The lowest BCUT2D eigenvalue weighted by molar-refractivity contribution is -0.113. The predicted octanol–water partition coefficient (Wildman–Crippen LogP) is 4.99. The molecule has 0 bridgehead atoms. The van der Waals surface area contributed by atoms with E-state index in [1.165, 1.54) is 36.0 Å². The van der Waals surface area contributed by atoms with Gasteiger partial charge >= 0.3 is 0 Å². The number of thioether (sulfide) groups is 1. The number of aromatic nitrogens is 3. The van der Waals surface area contributed by atoms with Crippen LogP contribution >= 0.6 is 11.8 Å². The number of hydrogen-bond acceptors (Lipinski definition) is 5. The molecule has 0 aliphatic carbocycles. The Morgan fingerprint density at radius 3 is 2.47 bits per heavy atom. The van der Waals surface area contributed by atoms with E-state index in [0.717, 1.165) is 22.4 Å². The number of nitrogens with one attached hydrogen (secondary N) is 2. The van der Waals surface area contributed by atoms with Gasteiger partial charge in [0.05, 0.1) is 18.0 Å². The zero-order chi connectivity index (χ0) is 25.7. The van der Waals surface area contributed by atoms with Crippen LogP contribution in [0.2, 0.25) is 0 Å². The summed E-state index contributed by atoms with van der Waals surface area (Å²) in [6.45, 7) is 6.12. The zero-order valence-electron chi connectivity index (χ0n) is 20.2. The molecular formula is C27H26FN5O2S. The number of halogens is 1. The van der Waals surface area contributed by atoms with Crippen molar-refractivity contribution in [1.82, 2.24) is 20.1 Å². The van der Waals surface area contributed by atoms with E-state index in [1.807, 2.05) is 61.7 Å². The molecule has 36 heavy (non-hydrogen) atoms. The number of rotatable bonds is 8. The largest absolute Gasteiger partial charge is 0.345 e. The first-order valence-corrected chi connectivity index (χ1v) is 12.3. The summed E-state index contributed by atoms with van der Waals surface area (Å²) in [5.41, 5.74) is 5.10. The Kier molecular flexibility index (Phi) is 7.80. The van der Waals surface area contributed by atoms with E-state index < -0.39 is 0 Å². The van der Waals surface area contributed by atoms with Crippen molar-refractivity contribution >= 4 is 29.3 Å². The second-order valence-corrected chi connectivity index (χ2v) is 9.29. The number of carbonyl (C=O) groups excluding carboxylic acids is 2. The third-order valence-corrected chi connectivity index (χ3v) is 6.59. The molecule has 0 saturated carbocycles. The van der Waals surface area contributed by atoms with E-state index in [1.54, 1.807) is 6.07 Å². The highest BCUT2D eigenvalue weighted by molar-refractivity contribution is 7.99. The zero-order valence-corrected chi connectivity index (χ0v) is 21.0. The number of anilines is 1. The van der Waals surface area contributed by atoms with Crippen molar-refractivity contribution in [1.29, 1.82) is 0 Å². The molecule has 0 spiro atoms. The van der Waals surface area contributed by atoms with Crippen molar-refractivity contribution in [2.24, 2.45) is 0 Å². The topological polar surface area (TPSA) is 88.9 Å². The molecule has 0 aliphatic heterocycles. The van der Waals surface area contributed by atoms with Gasteiger partial charge in [-0.1, -0.05) is 41.6 Å². The maximum absolute atomic E-state index is 13.1. The Labute approximate surface area is 213 Å². The van der Waals surface area contributed by atoms with E-state index in [-0.39, 0.29) is 29.9 Å². The maximum Gasteiger partial charge on any atom is 0.251 e. The van der Waals surface area contributed by atoms with Crippen LogP contribution in [0.25, 0.3) is 5.69 Å². The lowest BCUT2D eigenvalue weighted by atomic mass is 10.1. The standard InChI is InChI=1S/C27H26FN5O2S/c1-17-6-4-8-20(14-17)26(35)29-15-24-31-32-27(33(24)23-9-5-7-18(2)19(23)3)36-16-25(34)30-22-12-10-21(28)11-13-22/h4-14H,15-16H2,1-3H3,(H,29,35)(H,30,34). The first-order valence-electron chi connectivity index (χ1n) is 11.4. The Hall–Kier alpha value is -3.98.